The number of imidazole rings is 1. The Bertz CT molecular complexity index is 1060. The molecule has 142 valence electrons. The Morgan fingerprint density at radius 3 is 2.63 bits per heavy atom. The van der Waals surface area contributed by atoms with Gasteiger partial charge in [-0.2, -0.15) is 0 Å². The lowest BCUT2D eigenvalue weighted by atomic mass is 10.1. The number of benzene rings is 1. The molecule has 9 heteroatoms. The first-order valence-electron chi connectivity index (χ1n) is 8.55. The van der Waals surface area contributed by atoms with Gasteiger partial charge in [-0.25, -0.2) is 9.78 Å². The number of H-pyrrole nitrogens is 2. The molecule has 0 unspecified atom stereocenters. The summed E-state index contributed by atoms with van der Waals surface area (Å²) in [5, 5.41) is 2.86. The van der Waals surface area contributed by atoms with Crippen LogP contribution < -0.4 is 21.3 Å². The van der Waals surface area contributed by atoms with Crippen LogP contribution >= 0.6 is 0 Å². The number of hydrogen-bond acceptors (Lipinski definition) is 5. The highest BCUT2D eigenvalue weighted by Gasteiger charge is 2.11. The number of nitrogens with one attached hydrogen (secondary N) is 3. The topological polar surface area (TPSA) is 122 Å². The number of carbonyl (C=O) groups is 1. The molecule has 27 heavy (non-hydrogen) atoms. The number of aryl methyl sites for hydroxylation is 2. The fourth-order valence-electron chi connectivity index (χ4n) is 2.73. The molecule has 3 aromatic rings. The second-order valence-electron chi connectivity index (χ2n) is 6.15. The Morgan fingerprint density at radius 1 is 1.19 bits per heavy atom. The van der Waals surface area contributed by atoms with E-state index in [0.29, 0.717) is 18.8 Å². The zero-order chi connectivity index (χ0) is 19.4. The van der Waals surface area contributed by atoms with Gasteiger partial charge in [-0.15, -0.1) is 0 Å². The number of hydrogen-bond donors (Lipinski definition) is 3. The number of rotatable bonds is 7. The minimum atomic E-state index is -0.526. The summed E-state index contributed by atoms with van der Waals surface area (Å²) in [5.41, 5.74) is 0.567. The molecule has 3 N–H and O–H groups in total. The standard InChI is InChI=1S/C18H21N5O4/c1-23-16-15(17(25)22-18(23)26)20-13(21-16)7-8-14(24)19-10-9-11-3-5-12(27-2)6-4-11/h3-6H,7-10H2,1-2H3,(H,19,24)(H,20,21)(H,22,25,26). The van der Waals surface area contributed by atoms with Crippen molar-refractivity contribution in [1.82, 2.24) is 24.8 Å². The normalized spacial score (nSPS) is 10.9. The Kier molecular flexibility index (Phi) is 5.39. The summed E-state index contributed by atoms with van der Waals surface area (Å²) in [5.74, 6) is 1.18. The molecule has 0 atom stereocenters. The van der Waals surface area contributed by atoms with Crippen LogP contribution in [0, 0.1) is 0 Å². The summed E-state index contributed by atoms with van der Waals surface area (Å²) in [6.07, 6.45) is 1.29. The SMILES string of the molecule is COc1ccc(CCNC(=O)CCc2nc3c([nH]2)c(=O)[nH]c(=O)n3C)cc1. The van der Waals surface area contributed by atoms with Crippen LogP contribution in [0.5, 0.6) is 5.75 Å². The van der Waals surface area contributed by atoms with Crippen LogP contribution in [0.3, 0.4) is 0 Å². The van der Waals surface area contributed by atoms with Gasteiger partial charge in [0.1, 0.15) is 17.1 Å². The predicted octanol–water partition coefficient (Wildman–Crippen LogP) is 0.250. The van der Waals surface area contributed by atoms with Crippen molar-refractivity contribution in [2.75, 3.05) is 13.7 Å². The third-order valence-corrected chi connectivity index (χ3v) is 4.29. The molecule has 3 rings (SSSR count). The molecule has 9 nitrogen and oxygen atoms in total. The lowest BCUT2D eigenvalue weighted by molar-refractivity contribution is -0.121. The van der Waals surface area contributed by atoms with E-state index in [2.05, 4.69) is 20.3 Å². The van der Waals surface area contributed by atoms with E-state index >= 15 is 0 Å². The van der Waals surface area contributed by atoms with Gasteiger partial charge in [-0.05, 0) is 24.1 Å². The van der Waals surface area contributed by atoms with Crippen LogP contribution in [0.2, 0.25) is 0 Å². The van der Waals surface area contributed by atoms with Crippen LogP contribution in [-0.2, 0) is 24.7 Å². The molecule has 2 aromatic heterocycles. The number of amides is 1. The summed E-state index contributed by atoms with van der Waals surface area (Å²) in [4.78, 5) is 44.7. The van der Waals surface area contributed by atoms with Crippen molar-refractivity contribution in [2.45, 2.75) is 19.3 Å². The molecule has 0 saturated heterocycles. The van der Waals surface area contributed by atoms with Crippen LogP contribution in [0.1, 0.15) is 17.8 Å². The number of ether oxygens (including phenoxy) is 1. The van der Waals surface area contributed by atoms with Gasteiger partial charge in [0.15, 0.2) is 5.65 Å². The van der Waals surface area contributed by atoms with E-state index in [1.54, 1.807) is 7.11 Å². The predicted molar refractivity (Wildman–Crippen MR) is 100.0 cm³/mol. The smallest absolute Gasteiger partial charge is 0.329 e. The van der Waals surface area contributed by atoms with E-state index in [9.17, 15) is 14.4 Å². The molecule has 0 fully saturated rings. The average molecular weight is 371 g/mol. The van der Waals surface area contributed by atoms with Crippen LogP contribution in [-0.4, -0.2) is 39.1 Å². The van der Waals surface area contributed by atoms with Crippen LogP contribution in [0.15, 0.2) is 33.9 Å². The van der Waals surface area contributed by atoms with Gasteiger partial charge in [0.05, 0.1) is 7.11 Å². The minimum Gasteiger partial charge on any atom is -0.497 e. The lowest BCUT2D eigenvalue weighted by Gasteiger charge is -2.06. The zero-order valence-corrected chi connectivity index (χ0v) is 15.2. The summed E-state index contributed by atoms with van der Waals surface area (Å²) in [6, 6.07) is 7.68. The zero-order valence-electron chi connectivity index (χ0n) is 15.2. The highest BCUT2D eigenvalue weighted by Crippen LogP contribution is 2.11. The van der Waals surface area contributed by atoms with E-state index in [0.717, 1.165) is 17.7 Å². The summed E-state index contributed by atoms with van der Waals surface area (Å²) in [6.45, 7) is 0.527. The maximum Gasteiger partial charge on any atom is 0.329 e. The maximum atomic E-state index is 12.0. The minimum absolute atomic E-state index is 0.105. The molecule has 0 radical (unpaired) electrons. The third kappa shape index (κ3) is 4.25. The van der Waals surface area contributed by atoms with E-state index in [1.165, 1.54) is 11.6 Å². The first-order chi connectivity index (χ1) is 13.0. The molecule has 0 spiro atoms. The van der Waals surface area contributed by atoms with Gasteiger partial charge in [-0.3, -0.25) is 19.1 Å². The highest BCUT2D eigenvalue weighted by atomic mass is 16.5. The van der Waals surface area contributed by atoms with Crippen LogP contribution in [0.25, 0.3) is 11.2 Å². The third-order valence-electron chi connectivity index (χ3n) is 4.29. The molecule has 1 aromatic carbocycles. The largest absolute Gasteiger partial charge is 0.497 e. The van der Waals surface area contributed by atoms with E-state index in [-0.39, 0.29) is 23.5 Å². The second kappa shape index (κ2) is 7.90. The molecule has 1 amide bonds. The second-order valence-corrected chi connectivity index (χ2v) is 6.15. The van der Waals surface area contributed by atoms with Crippen molar-refractivity contribution < 1.29 is 9.53 Å². The quantitative estimate of drug-likeness (QED) is 0.550. The fraction of sp³-hybridized carbons (Fsp3) is 0.333. The van der Waals surface area contributed by atoms with Gasteiger partial charge in [0.2, 0.25) is 5.91 Å². The number of nitrogens with zero attached hydrogens (tertiary/aromatic N) is 2. The number of fused-ring (bicyclic) bond motifs is 1. The van der Waals surface area contributed by atoms with Gasteiger partial charge >= 0.3 is 5.69 Å². The maximum absolute atomic E-state index is 12.0. The molecule has 0 aliphatic heterocycles. The molecule has 0 saturated carbocycles. The van der Waals surface area contributed by atoms with Gasteiger partial charge in [0, 0.05) is 26.4 Å². The van der Waals surface area contributed by atoms with E-state index < -0.39 is 11.2 Å². The Labute approximate surface area is 154 Å². The van der Waals surface area contributed by atoms with Crippen molar-refractivity contribution in [2.24, 2.45) is 7.05 Å². The fourth-order valence-corrected chi connectivity index (χ4v) is 2.73. The molecule has 2 heterocycles. The molecule has 0 aliphatic rings. The van der Waals surface area contributed by atoms with Crippen molar-refractivity contribution in [1.29, 1.82) is 0 Å². The summed E-state index contributed by atoms with van der Waals surface area (Å²) >= 11 is 0. The van der Waals surface area contributed by atoms with Crippen molar-refractivity contribution in [3.8, 4) is 5.75 Å². The number of carbonyl (C=O) groups excluding carboxylic acids is 1. The van der Waals surface area contributed by atoms with Gasteiger partial charge in [-0.1, -0.05) is 12.1 Å². The number of aromatic amines is 2. The monoisotopic (exact) mass is 371 g/mol. The molecule has 0 aliphatic carbocycles. The Balaban J connectivity index is 1.52. The van der Waals surface area contributed by atoms with Crippen molar-refractivity contribution in [3.63, 3.8) is 0 Å². The van der Waals surface area contributed by atoms with Gasteiger partial charge in [0.25, 0.3) is 5.56 Å². The lowest BCUT2D eigenvalue weighted by Crippen LogP contribution is -2.28. The van der Waals surface area contributed by atoms with Crippen LogP contribution in [0.4, 0.5) is 0 Å². The van der Waals surface area contributed by atoms with Crippen molar-refractivity contribution in [3.05, 3.63) is 56.5 Å². The first kappa shape index (κ1) is 18.4. The number of methoxy groups -OCH3 is 1. The number of aromatic nitrogens is 4. The Hall–Kier alpha value is -3.36. The summed E-state index contributed by atoms with van der Waals surface area (Å²) in [7, 11) is 3.14. The van der Waals surface area contributed by atoms with E-state index in [1.807, 2.05) is 24.3 Å². The Morgan fingerprint density at radius 2 is 1.93 bits per heavy atom. The molecular formula is C18H21N5O4. The van der Waals surface area contributed by atoms with E-state index in [4.69, 9.17) is 4.74 Å². The summed E-state index contributed by atoms with van der Waals surface area (Å²) < 4.78 is 6.37. The van der Waals surface area contributed by atoms with Gasteiger partial charge < -0.3 is 15.0 Å². The molecular weight excluding hydrogens is 350 g/mol. The highest BCUT2D eigenvalue weighted by molar-refractivity contribution is 5.76. The molecule has 0 bridgehead atoms. The first-order valence-corrected chi connectivity index (χ1v) is 8.55. The average Bonchev–Trinajstić information content (AvgIpc) is 3.10. The van der Waals surface area contributed by atoms with Crippen molar-refractivity contribution >= 4 is 17.1 Å².